The third-order valence-corrected chi connectivity index (χ3v) is 5.56. The average molecular weight is 378 g/mol. The van der Waals surface area contributed by atoms with Crippen molar-refractivity contribution in [2.45, 2.75) is 37.8 Å². The van der Waals surface area contributed by atoms with Gasteiger partial charge in [0, 0.05) is 18.8 Å². The van der Waals surface area contributed by atoms with Gasteiger partial charge in [0.05, 0.1) is 17.4 Å². The number of hydrogen-bond acceptors (Lipinski definition) is 3. The molecule has 5 heteroatoms. The van der Waals surface area contributed by atoms with Crippen LogP contribution in [0.15, 0.2) is 66.9 Å². The molecule has 4 nitrogen and oxygen atoms in total. The lowest BCUT2D eigenvalue weighted by Crippen LogP contribution is -2.32. The van der Waals surface area contributed by atoms with Gasteiger partial charge < -0.3 is 5.73 Å². The van der Waals surface area contributed by atoms with Crippen LogP contribution in [0.3, 0.4) is 0 Å². The molecule has 0 spiro atoms. The van der Waals surface area contributed by atoms with Crippen LogP contribution in [0, 0.1) is 5.82 Å². The highest BCUT2D eigenvalue weighted by molar-refractivity contribution is 5.30. The molecule has 0 amide bonds. The summed E-state index contributed by atoms with van der Waals surface area (Å²) in [7, 11) is 0. The highest BCUT2D eigenvalue weighted by Gasteiger charge is 2.28. The van der Waals surface area contributed by atoms with Crippen molar-refractivity contribution in [3.63, 3.8) is 0 Å². The lowest BCUT2D eigenvalue weighted by molar-refractivity contribution is 0.242. The van der Waals surface area contributed by atoms with Gasteiger partial charge in [0.1, 0.15) is 5.82 Å². The van der Waals surface area contributed by atoms with Crippen LogP contribution in [0.25, 0.3) is 5.69 Å². The fourth-order valence-electron chi connectivity index (χ4n) is 4.05. The van der Waals surface area contributed by atoms with Gasteiger partial charge in [-0.05, 0) is 62.1 Å². The minimum atomic E-state index is -0.163. The van der Waals surface area contributed by atoms with Crippen LogP contribution in [0.4, 0.5) is 4.39 Å². The first-order chi connectivity index (χ1) is 13.7. The Kier molecular flexibility index (Phi) is 5.84. The molecule has 0 bridgehead atoms. The molecule has 1 fully saturated rings. The summed E-state index contributed by atoms with van der Waals surface area (Å²) in [5.41, 5.74) is 9.20. The predicted molar refractivity (Wildman–Crippen MR) is 110 cm³/mol. The standard InChI is InChI=1S/C23H27FN4/c24-21-10-5-4-7-18(21)17-19(25)12-15-27-14-6-11-23(27)22-13-16-28(26-22)20-8-2-1-3-9-20/h1-5,7-10,13,16,19,23H,6,11-12,14-15,17,25H2/t19-,23-/m0/s1. The number of nitrogens with two attached hydrogens (primary N) is 1. The van der Waals surface area contributed by atoms with Crippen molar-refractivity contribution in [2.24, 2.45) is 5.73 Å². The highest BCUT2D eigenvalue weighted by atomic mass is 19.1. The summed E-state index contributed by atoms with van der Waals surface area (Å²) in [5.74, 6) is -0.163. The Balaban J connectivity index is 1.36. The zero-order chi connectivity index (χ0) is 19.3. The molecule has 1 aliphatic rings. The molecule has 1 saturated heterocycles. The van der Waals surface area contributed by atoms with Crippen molar-refractivity contribution in [1.82, 2.24) is 14.7 Å². The van der Waals surface area contributed by atoms with Gasteiger partial charge in [0.15, 0.2) is 0 Å². The smallest absolute Gasteiger partial charge is 0.126 e. The lowest BCUT2D eigenvalue weighted by Gasteiger charge is -2.24. The Morgan fingerprint density at radius 1 is 1.07 bits per heavy atom. The summed E-state index contributed by atoms with van der Waals surface area (Å²) in [6, 6.07) is 19.5. The second-order valence-electron chi connectivity index (χ2n) is 7.56. The largest absolute Gasteiger partial charge is 0.327 e. The molecule has 2 aromatic carbocycles. The Bertz CT molecular complexity index is 892. The van der Waals surface area contributed by atoms with Crippen molar-refractivity contribution in [3.05, 3.63) is 83.9 Å². The van der Waals surface area contributed by atoms with E-state index in [1.165, 1.54) is 12.5 Å². The molecule has 4 rings (SSSR count). The average Bonchev–Trinajstić information content (AvgIpc) is 3.38. The number of nitrogens with zero attached hydrogens (tertiary/aromatic N) is 3. The van der Waals surface area contributed by atoms with Gasteiger partial charge in [0.2, 0.25) is 0 Å². The number of halogens is 1. The van der Waals surface area contributed by atoms with E-state index >= 15 is 0 Å². The Morgan fingerprint density at radius 2 is 1.86 bits per heavy atom. The highest BCUT2D eigenvalue weighted by Crippen LogP contribution is 2.31. The van der Waals surface area contributed by atoms with E-state index < -0.39 is 0 Å². The molecule has 0 saturated carbocycles. The van der Waals surface area contributed by atoms with Crippen LogP contribution in [-0.4, -0.2) is 33.8 Å². The molecule has 1 aliphatic heterocycles. The topological polar surface area (TPSA) is 47.1 Å². The molecule has 3 aromatic rings. The minimum Gasteiger partial charge on any atom is -0.327 e. The van der Waals surface area contributed by atoms with Gasteiger partial charge in [0.25, 0.3) is 0 Å². The quantitative estimate of drug-likeness (QED) is 0.673. The number of benzene rings is 2. The van der Waals surface area contributed by atoms with Gasteiger partial charge in [-0.15, -0.1) is 0 Å². The van der Waals surface area contributed by atoms with E-state index in [1.807, 2.05) is 41.2 Å². The number of hydrogen-bond donors (Lipinski definition) is 1. The van der Waals surface area contributed by atoms with Crippen molar-refractivity contribution < 1.29 is 4.39 Å². The predicted octanol–water partition coefficient (Wildman–Crippen LogP) is 4.11. The van der Waals surface area contributed by atoms with E-state index in [1.54, 1.807) is 6.07 Å². The van der Waals surface area contributed by atoms with E-state index in [0.29, 0.717) is 18.0 Å². The summed E-state index contributed by atoms with van der Waals surface area (Å²) in [6.45, 7) is 1.98. The van der Waals surface area contributed by atoms with Gasteiger partial charge in [-0.2, -0.15) is 5.10 Å². The molecule has 0 unspecified atom stereocenters. The number of aromatic nitrogens is 2. The van der Waals surface area contributed by atoms with Gasteiger partial charge in [-0.1, -0.05) is 36.4 Å². The van der Waals surface area contributed by atoms with E-state index in [2.05, 4.69) is 23.1 Å². The summed E-state index contributed by atoms with van der Waals surface area (Å²) in [4.78, 5) is 2.47. The van der Waals surface area contributed by atoms with Gasteiger partial charge in [-0.25, -0.2) is 9.07 Å². The fraction of sp³-hybridized carbons (Fsp3) is 0.348. The SMILES string of the molecule is N[C@@H](CCN1CCC[C@H]1c1ccn(-c2ccccc2)n1)Cc1ccccc1F. The molecule has 28 heavy (non-hydrogen) atoms. The zero-order valence-electron chi connectivity index (χ0n) is 16.0. The molecular formula is C23H27FN4. The van der Waals surface area contributed by atoms with Crippen LogP contribution < -0.4 is 5.73 Å². The number of rotatable bonds is 7. The molecule has 2 N–H and O–H groups in total. The maximum Gasteiger partial charge on any atom is 0.126 e. The molecule has 1 aromatic heterocycles. The minimum absolute atomic E-state index is 0.0416. The van der Waals surface area contributed by atoms with Crippen molar-refractivity contribution in [3.8, 4) is 5.69 Å². The van der Waals surface area contributed by atoms with Crippen LogP contribution >= 0.6 is 0 Å². The fourth-order valence-corrected chi connectivity index (χ4v) is 4.05. The molecule has 0 radical (unpaired) electrons. The molecule has 2 heterocycles. The third kappa shape index (κ3) is 4.32. The lowest BCUT2D eigenvalue weighted by atomic mass is 10.0. The molecule has 0 aliphatic carbocycles. The third-order valence-electron chi connectivity index (χ3n) is 5.56. The van der Waals surface area contributed by atoms with E-state index in [0.717, 1.165) is 37.3 Å². The number of para-hydroxylation sites is 1. The Morgan fingerprint density at radius 3 is 2.68 bits per heavy atom. The van der Waals surface area contributed by atoms with E-state index in [-0.39, 0.29) is 11.9 Å². The first-order valence-corrected chi connectivity index (χ1v) is 10.0. The normalized spacial score (nSPS) is 18.4. The van der Waals surface area contributed by atoms with Crippen LogP contribution in [0.5, 0.6) is 0 Å². The van der Waals surface area contributed by atoms with Crippen molar-refractivity contribution >= 4 is 0 Å². The molecule has 2 atom stereocenters. The summed E-state index contributed by atoms with van der Waals surface area (Å²) in [6.07, 6.45) is 5.75. The Hall–Kier alpha value is -2.50. The van der Waals surface area contributed by atoms with E-state index in [9.17, 15) is 4.39 Å². The second-order valence-corrected chi connectivity index (χ2v) is 7.56. The zero-order valence-corrected chi connectivity index (χ0v) is 16.0. The maximum absolute atomic E-state index is 13.8. The second kappa shape index (κ2) is 8.67. The number of likely N-dealkylation sites (tertiary alicyclic amines) is 1. The first kappa shape index (κ1) is 18.8. The summed E-state index contributed by atoms with van der Waals surface area (Å²) < 4.78 is 15.8. The van der Waals surface area contributed by atoms with Crippen LogP contribution in [0.1, 0.15) is 36.6 Å². The molecule has 146 valence electrons. The monoisotopic (exact) mass is 378 g/mol. The first-order valence-electron chi connectivity index (χ1n) is 10.0. The van der Waals surface area contributed by atoms with Gasteiger partial charge >= 0.3 is 0 Å². The summed E-state index contributed by atoms with van der Waals surface area (Å²) in [5, 5.41) is 4.81. The van der Waals surface area contributed by atoms with Crippen LogP contribution in [-0.2, 0) is 6.42 Å². The summed E-state index contributed by atoms with van der Waals surface area (Å²) >= 11 is 0. The van der Waals surface area contributed by atoms with Crippen molar-refractivity contribution in [1.29, 1.82) is 0 Å². The Labute approximate surface area is 165 Å². The van der Waals surface area contributed by atoms with Gasteiger partial charge in [-0.3, -0.25) is 4.90 Å². The van der Waals surface area contributed by atoms with Crippen LogP contribution in [0.2, 0.25) is 0 Å². The van der Waals surface area contributed by atoms with E-state index in [4.69, 9.17) is 10.8 Å². The molecular weight excluding hydrogens is 351 g/mol. The van der Waals surface area contributed by atoms with Crippen molar-refractivity contribution in [2.75, 3.05) is 13.1 Å². The maximum atomic E-state index is 13.8.